The van der Waals surface area contributed by atoms with E-state index >= 15 is 0 Å². The zero-order chi connectivity index (χ0) is 15.4. The molecule has 110 valence electrons. The Morgan fingerprint density at radius 1 is 1.33 bits per heavy atom. The molecule has 0 saturated carbocycles. The molecule has 1 aromatic carbocycles. The van der Waals surface area contributed by atoms with Gasteiger partial charge in [-0.1, -0.05) is 6.92 Å². The molecule has 0 aliphatic rings. The lowest BCUT2D eigenvalue weighted by Crippen LogP contribution is -2.26. The van der Waals surface area contributed by atoms with Gasteiger partial charge >= 0.3 is 0 Å². The molecule has 2 aromatic rings. The van der Waals surface area contributed by atoms with Crippen molar-refractivity contribution in [3.8, 4) is 11.3 Å². The fourth-order valence-electron chi connectivity index (χ4n) is 1.95. The van der Waals surface area contributed by atoms with Crippen LogP contribution < -0.4 is 5.56 Å². The molecule has 0 saturated heterocycles. The van der Waals surface area contributed by atoms with Crippen molar-refractivity contribution in [3.05, 3.63) is 56.4 Å². The number of benzene rings is 1. The van der Waals surface area contributed by atoms with Gasteiger partial charge < -0.3 is 0 Å². The molecule has 0 fully saturated rings. The first kappa shape index (κ1) is 15.2. The van der Waals surface area contributed by atoms with Gasteiger partial charge in [0.25, 0.3) is 11.2 Å². The Morgan fingerprint density at radius 3 is 2.52 bits per heavy atom. The van der Waals surface area contributed by atoms with E-state index in [1.165, 1.54) is 16.8 Å². The topological polar surface area (TPSA) is 78.0 Å². The van der Waals surface area contributed by atoms with Crippen molar-refractivity contribution < 1.29 is 4.92 Å². The smallest absolute Gasteiger partial charge is 0.267 e. The second-order valence-electron chi connectivity index (χ2n) is 4.52. The van der Waals surface area contributed by atoms with Gasteiger partial charge in [-0.15, -0.1) is 11.6 Å². The third-order valence-corrected chi connectivity index (χ3v) is 3.29. The molecule has 0 atom stereocenters. The molecule has 0 radical (unpaired) electrons. The normalized spacial score (nSPS) is 10.6. The van der Waals surface area contributed by atoms with E-state index < -0.39 is 4.92 Å². The molecule has 1 aromatic heterocycles. The van der Waals surface area contributed by atoms with E-state index in [9.17, 15) is 14.9 Å². The highest BCUT2D eigenvalue weighted by Gasteiger charge is 2.11. The first-order chi connectivity index (χ1) is 10.1. The number of alkyl halides is 1. The summed E-state index contributed by atoms with van der Waals surface area (Å²) >= 11 is 5.80. The van der Waals surface area contributed by atoms with Crippen molar-refractivity contribution in [3.63, 3.8) is 0 Å². The molecule has 0 unspecified atom stereocenters. The first-order valence-electron chi connectivity index (χ1n) is 6.48. The summed E-state index contributed by atoms with van der Waals surface area (Å²) in [6.07, 6.45) is 0.776. The maximum Gasteiger partial charge on any atom is 0.271 e. The summed E-state index contributed by atoms with van der Waals surface area (Å²) in [6.45, 7) is 2.45. The molecule has 0 bridgehead atoms. The van der Waals surface area contributed by atoms with E-state index in [0.29, 0.717) is 23.4 Å². The highest BCUT2D eigenvalue weighted by Crippen LogP contribution is 2.21. The zero-order valence-electron chi connectivity index (χ0n) is 11.5. The molecular weight excluding hydrogens is 294 g/mol. The summed E-state index contributed by atoms with van der Waals surface area (Å²) < 4.78 is 1.38. The average Bonchev–Trinajstić information content (AvgIpc) is 2.49. The van der Waals surface area contributed by atoms with E-state index in [2.05, 4.69) is 5.10 Å². The van der Waals surface area contributed by atoms with Crippen LogP contribution in [0, 0.1) is 10.1 Å². The van der Waals surface area contributed by atoms with Gasteiger partial charge in [-0.3, -0.25) is 14.9 Å². The van der Waals surface area contributed by atoms with Crippen LogP contribution >= 0.6 is 11.6 Å². The fourth-order valence-corrected chi connectivity index (χ4v) is 2.14. The number of non-ortho nitro benzene ring substituents is 1. The molecule has 2 rings (SSSR count). The largest absolute Gasteiger partial charge is 0.271 e. The molecule has 0 spiro atoms. The Balaban J connectivity index is 2.50. The number of nitrogens with zero attached hydrogens (tertiary/aromatic N) is 3. The van der Waals surface area contributed by atoms with Crippen LogP contribution in [0.2, 0.25) is 0 Å². The van der Waals surface area contributed by atoms with Crippen LogP contribution in [0.3, 0.4) is 0 Å². The lowest BCUT2D eigenvalue weighted by Gasteiger charge is -2.08. The number of nitro groups is 1. The van der Waals surface area contributed by atoms with Crippen molar-refractivity contribution in [1.82, 2.24) is 9.78 Å². The Kier molecular flexibility index (Phi) is 4.70. The number of halogens is 1. The van der Waals surface area contributed by atoms with Gasteiger partial charge in [-0.05, 0) is 24.6 Å². The van der Waals surface area contributed by atoms with E-state index in [1.54, 1.807) is 18.2 Å². The van der Waals surface area contributed by atoms with E-state index in [1.807, 2.05) is 6.92 Å². The van der Waals surface area contributed by atoms with Crippen LogP contribution in [0.4, 0.5) is 5.69 Å². The first-order valence-corrected chi connectivity index (χ1v) is 7.02. The number of aryl methyl sites for hydroxylation is 1. The standard InChI is InChI=1S/C14H14ClN3O3/c1-2-7-17-14(19)11(9-15)8-13(16-17)10-3-5-12(6-4-10)18(20)21/h3-6,8H,2,7,9H2,1H3. The molecule has 1 heterocycles. The van der Waals surface area contributed by atoms with Crippen LogP contribution in [0.5, 0.6) is 0 Å². The van der Waals surface area contributed by atoms with Gasteiger partial charge in [-0.25, -0.2) is 4.68 Å². The Morgan fingerprint density at radius 2 is 2.00 bits per heavy atom. The monoisotopic (exact) mass is 307 g/mol. The Bertz CT molecular complexity index is 710. The van der Waals surface area contributed by atoms with Gasteiger partial charge in [0.1, 0.15) is 0 Å². The van der Waals surface area contributed by atoms with Gasteiger partial charge in [0.15, 0.2) is 0 Å². The van der Waals surface area contributed by atoms with Crippen molar-refractivity contribution in [2.45, 2.75) is 25.8 Å². The molecule has 0 amide bonds. The second-order valence-corrected chi connectivity index (χ2v) is 4.79. The molecule has 21 heavy (non-hydrogen) atoms. The highest BCUT2D eigenvalue weighted by molar-refractivity contribution is 6.17. The van der Waals surface area contributed by atoms with E-state index in [4.69, 9.17) is 11.6 Å². The molecule has 0 aliphatic heterocycles. The number of hydrogen-bond donors (Lipinski definition) is 0. The minimum atomic E-state index is -0.459. The summed E-state index contributed by atoms with van der Waals surface area (Å²) in [5.74, 6) is 0.102. The molecule has 0 N–H and O–H groups in total. The van der Waals surface area contributed by atoms with E-state index in [-0.39, 0.29) is 17.1 Å². The Labute approximate surface area is 126 Å². The number of hydrogen-bond acceptors (Lipinski definition) is 4. The third kappa shape index (κ3) is 3.28. The van der Waals surface area contributed by atoms with Crippen LogP contribution in [0.15, 0.2) is 35.1 Å². The fraction of sp³-hybridized carbons (Fsp3) is 0.286. The van der Waals surface area contributed by atoms with E-state index in [0.717, 1.165) is 6.42 Å². The molecular formula is C14H14ClN3O3. The molecule has 6 nitrogen and oxygen atoms in total. The van der Waals surface area contributed by atoms with Crippen molar-refractivity contribution in [2.24, 2.45) is 0 Å². The van der Waals surface area contributed by atoms with Gasteiger partial charge in [0.05, 0.1) is 16.5 Å². The number of aromatic nitrogens is 2. The SMILES string of the molecule is CCCn1nc(-c2ccc([N+](=O)[O-])cc2)cc(CCl)c1=O. The highest BCUT2D eigenvalue weighted by atomic mass is 35.5. The van der Waals surface area contributed by atoms with Crippen molar-refractivity contribution in [2.75, 3.05) is 0 Å². The second kappa shape index (κ2) is 6.49. The maximum atomic E-state index is 12.0. The summed E-state index contributed by atoms with van der Waals surface area (Å²) in [7, 11) is 0. The Hall–Kier alpha value is -2.21. The average molecular weight is 308 g/mol. The zero-order valence-corrected chi connectivity index (χ0v) is 12.2. The van der Waals surface area contributed by atoms with Crippen LogP contribution in [-0.2, 0) is 12.4 Å². The van der Waals surface area contributed by atoms with Gasteiger partial charge in [-0.2, -0.15) is 5.10 Å². The minimum Gasteiger partial charge on any atom is -0.267 e. The van der Waals surface area contributed by atoms with Gasteiger partial charge in [0, 0.05) is 29.8 Å². The summed E-state index contributed by atoms with van der Waals surface area (Å²) in [6, 6.07) is 7.67. The number of nitro benzene ring substituents is 1. The third-order valence-electron chi connectivity index (χ3n) is 3.00. The van der Waals surface area contributed by atoms with Crippen molar-refractivity contribution >= 4 is 17.3 Å². The predicted molar refractivity (Wildman–Crippen MR) is 80.4 cm³/mol. The summed E-state index contributed by atoms with van der Waals surface area (Å²) in [5, 5.41) is 15.0. The lowest BCUT2D eigenvalue weighted by atomic mass is 10.1. The maximum absolute atomic E-state index is 12.0. The lowest BCUT2D eigenvalue weighted by molar-refractivity contribution is -0.384. The van der Waals surface area contributed by atoms with Crippen molar-refractivity contribution in [1.29, 1.82) is 0 Å². The van der Waals surface area contributed by atoms with Crippen LogP contribution in [-0.4, -0.2) is 14.7 Å². The quantitative estimate of drug-likeness (QED) is 0.483. The van der Waals surface area contributed by atoms with Gasteiger partial charge in [0.2, 0.25) is 0 Å². The summed E-state index contributed by atoms with van der Waals surface area (Å²) in [5.41, 5.74) is 1.56. The number of rotatable bonds is 5. The summed E-state index contributed by atoms with van der Waals surface area (Å²) in [4.78, 5) is 22.2. The van der Waals surface area contributed by atoms with Crippen LogP contribution in [0.1, 0.15) is 18.9 Å². The molecule has 7 heteroatoms. The minimum absolute atomic E-state index is 0.0122. The molecule has 0 aliphatic carbocycles. The predicted octanol–water partition coefficient (Wildman–Crippen LogP) is 2.97. The van der Waals surface area contributed by atoms with Crippen LogP contribution in [0.25, 0.3) is 11.3 Å².